The van der Waals surface area contributed by atoms with Crippen molar-refractivity contribution >= 4 is 21.8 Å². The number of nitrogens with one attached hydrogen (secondary N) is 1. The van der Waals surface area contributed by atoms with E-state index in [1.54, 1.807) is 6.92 Å². The zero-order valence-corrected chi connectivity index (χ0v) is 11.5. The second-order valence-corrected chi connectivity index (χ2v) is 5.71. The van der Waals surface area contributed by atoms with Crippen LogP contribution < -0.4 is 11.1 Å². The smallest absolute Gasteiger partial charge is 0.236 e. The lowest BCUT2D eigenvalue weighted by molar-refractivity contribution is -0.122. The van der Waals surface area contributed by atoms with Crippen molar-refractivity contribution in [3.8, 4) is 0 Å². The van der Waals surface area contributed by atoms with Gasteiger partial charge >= 0.3 is 0 Å². The highest BCUT2D eigenvalue weighted by Crippen LogP contribution is 2.48. The van der Waals surface area contributed by atoms with Crippen LogP contribution in [-0.4, -0.2) is 18.5 Å². The Kier molecular flexibility index (Phi) is 3.54. The molecule has 1 fully saturated rings. The maximum atomic E-state index is 11.5. The van der Waals surface area contributed by atoms with E-state index in [1.165, 1.54) is 5.56 Å². The van der Waals surface area contributed by atoms with Crippen molar-refractivity contribution in [2.75, 3.05) is 6.54 Å². The third-order valence-electron chi connectivity index (χ3n) is 3.31. The van der Waals surface area contributed by atoms with E-state index in [4.69, 9.17) is 5.73 Å². The molecule has 3 nitrogen and oxygen atoms in total. The van der Waals surface area contributed by atoms with Gasteiger partial charge < -0.3 is 11.1 Å². The first-order chi connectivity index (χ1) is 8.03. The molecule has 1 saturated carbocycles. The van der Waals surface area contributed by atoms with Gasteiger partial charge in [0.15, 0.2) is 0 Å². The molecular weight excluding hydrogens is 280 g/mol. The number of amides is 1. The fraction of sp³-hybridized carbons (Fsp3) is 0.462. The van der Waals surface area contributed by atoms with Gasteiger partial charge in [-0.05, 0) is 37.5 Å². The fourth-order valence-corrected chi connectivity index (χ4v) is 2.35. The maximum Gasteiger partial charge on any atom is 0.236 e. The third-order valence-corrected chi connectivity index (χ3v) is 3.80. The quantitative estimate of drug-likeness (QED) is 0.892. The lowest BCUT2D eigenvalue weighted by Crippen LogP contribution is -2.41. The van der Waals surface area contributed by atoms with Crippen LogP contribution in [0.15, 0.2) is 28.7 Å². The van der Waals surface area contributed by atoms with Crippen LogP contribution in [-0.2, 0) is 10.2 Å². The summed E-state index contributed by atoms with van der Waals surface area (Å²) in [4.78, 5) is 11.5. The molecule has 0 saturated heterocycles. The summed E-state index contributed by atoms with van der Waals surface area (Å²) >= 11 is 3.48. The Bertz CT molecular complexity index is 427. The van der Waals surface area contributed by atoms with Gasteiger partial charge in [0.2, 0.25) is 5.91 Å². The number of carbonyl (C=O) groups excluding carboxylic acids is 1. The molecule has 0 unspecified atom stereocenters. The zero-order chi connectivity index (χ0) is 12.5. The summed E-state index contributed by atoms with van der Waals surface area (Å²) in [7, 11) is 0. The van der Waals surface area contributed by atoms with Gasteiger partial charge in [-0.2, -0.15) is 0 Å². The summed E-state index contributed by atoms with van der Waals surface area (Å²) in [5.41, 5.74) is 6.95. The number of hydrogen-bond donors (Lipinski definition) is 2. The molecule has 2 rings (SSSR count). The first-order valence-electron chi connectivity index (χ1n) is 5.83. The van der Waals surface area contributed by atoms with Gasteiger partial charge in [-0.15, -0.1) is 0 Å². The summed E-state index contributed by atoms with van der Waals surface area (Å²) < 4.78 is 1.08. The summed E-state index contributed by atoms with van der Waals surface area (Å²) in [5, 5.41) is 2.92. The molecule has 3 N–H and O–H groups in total. The van der Waals surface area contributed by atoms with Gasteiger partial charge in [-0.25, -0.2) is 0 Å². The van der Waals surface area contributed by atoms with Gasteiger partial charge in [-0.3, -0.25) is 4.79 Å². The van der Waals surface area contributed by atoms with Gasteiger partial charge in [0.25, 0.3) is 0 Å². The Hall–Kier alpha value is -0.870. The van der Waals surface area contributed by atoms with Gasteiger partial charge in [0.1, 0.15) is 0 Å². The molecule has 17 heavy (non-hydrogen) atoms. The van der Waals surface area contributed by atoms with Crippen molar-refractivity contribution in [2.45, 2.75) is 31.2 Å². The number of hydrogen-bond acceptors (Lipinski definition) is 2. The maximum absolute atomic E-state index is 11.5. The summed E-state index contributed by atoms with van der Waals surface area (Å²) in [6, 6.07) is 7.86. The number of nitrogens with two attached hydrogens (primary N) is 1. The molecule has 0 aliphatic heterocycles. The molecule has 1 aromatic carbocycles. The molecule has 4 heteroatoms. The van der Waals surface area contributed by atoms with Gasteiger partial charge in [-0.1, -0.05) is 28.1 Å². The number of benzene rings is 1. The Morgan fingerprint density at radius 2 is 2.29 bits per heavy atom. The number of rotatable bonds is 4. The van der Waals surface area contributed by atoms with E-state index in [-0.39, 0.29) is 11.3 Å². The lowest BCUT2D eigenvalue weighted by atomic mass is 9.96. The molecular formula is C13H17BrN2O. The Labute approximate surface area is 110 Å². The van der Waals surface area contributed by atoms with Crippen molar-refractivity contribution in [1.29, 1.82) is 0 Å². The molecule has 0 spiro atoms. The largest absolute Gasteiger partial charge is 0.354 e. The van der Waals surface area contributed by atoms with E-state index in [9.17, 15) is 4.79 Å². The second-order valence-electron chi connectivity index (χ2n) is 4.80. The van der Waals surface area contributed by atoms with E-state index in [0.717, 1.165) is 17.3 Å². The molecule has 1 amide bonds. The predicted molar refractivity (Wildman–Crippen MR) is 71.7 cm³/mol. The zero-order valence-electron chi connectivity index (χ0n) is 9.87. The minimum absolute atomic E-state index is 0.0775. The Morgan fingerprint density at radius 1 is 1.59 bits per heavy atom. The van der Waals surface area contributed by atoms with Crippen LogP contribution >= 0.6 is 15.9 Å². The third kappa shape index (κ3) is 2.87. The van der Waals surface area contributed by atoms with E-state index in [1.807, 2.05) is 12.1 Å². The average Bonchev–Trinajstić information content (AvgIpc) is 3.07. The number of carbonyl (C=O) groups is 1. The highest BCUT2D eigenvalue weighted by molar-refractivity contribution is 9.10. The first-order valence-corrected chi connectivity index (χ1v) is 6.62. The molecule has 1 aliphatic rings. The lowest BCUT2D eigenvalue weighted by Gasteiger charge is -2.17. The van der Waals surface area contributed by atoms with E-state index in [2.05, 4.69) is 33.4 Å². The van der Waals surface area contributed by atoms with Crippen LogP contribution in [0.4, 0.5) is 0 Å². The molecule has 0 radical (unpaired) electrons. The van der Waals surface area contributed by atoms with Crippen molar-refractivity contribution in [1.82, 2.24) is 5.32 Å². The van der Waals surface area contributed by atoms with Crippen LogP contribution in [0.3, 0.4) is 0 Å². The van der Waals surface area contributed by atoms with Crippen molar-refractivity contribution in [3.05, 3.63) is 34.3 Å². The van der Waals surface area contributed by atoms with Gasteiger partial charge in [0, 0.05) is 16.4 Å². The molecule has 1 atom stereocenters. The van der Waals surface area contributed by atoms with Crippen LogP contribution in [0.1, 0.15) is 25.3 Å². The predicted octanol–water partition coefficient (Wildman–Crippen LogP) is 1.94. The molecule has 92 valence electrons. The topological polar surface area (TPSA) is 55.1 Å². The van der Waals surface area contributed by atoms with Crippen molar-refractivity contribution < 1.29 is 4.79 Å². The minimum Gasteiger partial charge on any atom is -0.354 e. The van der Waals surface area contributed by atoms with Crippen molar-refractivity contribution in [3.63, 3.8) is 0 Å². The normalized spacial score (nSPS) is 18.5. The standard InChI is InChI=1S/C13H17BrN2O/c1-9(15)12(17)16-8-13(5-6-13)10-3-2-4-11(14)7-10/h2-4,7,9H,5-6,8,15H2,1H3,(H,16,17)/t9-/m0/s1. The highest BCUT2D eigenvalue weighted by atomic mass is 79.9. The Balaban J connectivity index is 2.03. The Morgan fingerprint density at radius 3 is 2.82 bits per heavy atom. The first kappa shape index (κ1) is 12.6. The van der Waals surface area contributed by atoms with E-state index >= 15 is 0 Å². The fourth-order valence-electron chi connectivity index (χ4n) is 1.95. The molecule has 1 aromatic rings. The molecule has 0 heterocycles. The van der Waals surface area contributed by atoms with Crippen LogP contribution in [0, 0.1) is 0 Å². The van der Waals surface area contributed by atoms with Gasteiger partial charge in [0.05, 0.1) is 6.04 Å². The number of halogens is 1. The van der Waals surface area contributed by atoms with E-state index in [0.29, 0.717) is 6.54 Å². The highest BCUT2D eigenvalue weighted by Gasteiger charge is 2.44. The molecule has 0 aromatic heterocycles. The molecule has 0 bridgehead atoms. The summed E-state index contributed by atoms with van der Waals surface area (Å²) in [5.74, 6) is -0.0775. The van der Waals surface area contributed by atoms with Crippen LogP contribution in [0.2, 0.25) is 0 Å². The summed E-state index contributed by atoms with van der Waals surface area (Å²) in [6.07, 6.45) is 2.26. The SMILES string of the molecule is C[C@H](N)C(=O)NCC1(c2cccc(Br)c2)CC1. The average molecular weight is 297 g/mol. The summed E-state index contributed by atoms with van der Waals surface area (Å²) in [6.45, 7) is 2.39. The van der Waals surface area contributed by atoms with Crippen LogP contribution in [0.25, 0.3) is 0 Å². The molecule has 1 aliphatic carbocycles. The van der Waals surface area contributed by atoms with Crippen LogP contribution in [0.5, 0.6) is 0 Å². The monoisotopic (exact) mass is 296 g/mol. The van der Waals surface area contributed by atoms with Crippen molar-refractivity contribution in [2.24, 2.45) is 5.73 Å². The minimum atomic E-state index is -0.437. The second kappa shape index (κ2) is 4.78. The van der Waals surface area contributed by atoms with E-state index < -0.39 is 6.04 Å².